The van der Waals surface area contributed by atoms with Crippen LogP contribution in [0.4, 0.5) is 0 Å². The van der Waals surface area contributed by atoms with Crippen LogP contribution in [0.1, 0.15) is 26.2 Å². The van der Waals surface area contributed by atoms with Gasteiger partial charge in [0.2, 0.25) is 5.91 Å². The molecular formula is C19H26N4O3. The lowest BCUT2D eigenvalue weighted by Crippen LogP contribution is -2.44. The number of nitrogens with one attached hydrogen (secondary N) is 1. The highest BCUT2D eigenvalue weighted by Gasteiger charge is 2.15. The van der Waals surface area contributed by atoms with Crippen molar-refractivity contribution in [3.05, 3.63) is 45.0 Å². The molecule has 1 saturated heterocycles. The van der Waals surface area contributed by atoms with Gasteiger partial charge < -0.3 is 14.8 Å². The number of hydrogen-bond donors (Lipinski definition) is 1. The van der Waals surface area contributed by atoms with Gasteiger partial charge in [0, 0.05) is 19.6 Å². The van der Waals surface area contributed by atoms with Crippen molar-refractivity contribution < 1.29 is 4.79 Å². The Balaban J connectivity index is 1.74. The highest BCUT2D eigenvalue weighted by atomic mass is 16.2. The molecule has 1 fully saturated rings. The predicted octanol–water partition coefficient (Wildman–Crippen LogP) is 0.785. The standard InChI is InChI=1S/C19H26N4O3/c1-2-22-15-8-4-5-9-16(15)23(19(26)18(22)25)14-17(24)20-10-13-21-11-6-3-7-12-21/h4-5,8-9H,2-3,6-7,10-14H2,1H3,(H,20,24). The molecular weight excluding hydrogens is 332 g/mol. The van der Waals surface area contributed by atoms with Crippen LogP contribution in [0, 0.1) is 0 Å². The monoisotopic (exact) mass is 358 g/mol. The van der Waals surface area contributed by atoms with Crippen LogP contribution >= 0.6 is 0 Å². The average molecular weight is 358 g/mol. The first-order valence-corrected chi connectivity index (χ1v) is 9.33. The van der Waals surface area contributed by atoms with Gasteiger partial charge in [-0.3, -0.25) is 19.0 Å². The van der Waals surface area contributed by atoms with Crippen LogP contribution in [0.25, 0.3) is 11.0 Å². The molecule has 0 bridgehead atoms. The Kier molecular flexibility index (Phi) is 5.88. The Morgan fingerprint density at radius 1 is 1.00 bits per heavy atom. The molecule has 0 radical (unpaired) electrons. The van der Waals surface area contributed by atoms with Gasteiger partial charge in [0.05, 0.1) is 11.0 Å². The zero-order valence-electron chi connectivity index (χ0n) is 15.2. The molecule has 1 aromatic carbocycles. The molecule has 0 atom stereocenters. The Morgan fingerprint density at radius 2 is 1.62 bits per heavy atom. The second-order valence-electron chi connectivity index (χ2n) is 6.68. The van der Waals surface area contributed by atoms with E-state index < -0.39 is 11.1 Å². The number of rotatable bonds is 6. The summed E-state index contributed by atoms with van der Waals surface area (Å²) in [6.45, 7) is 5.63. The van der Waals surface area contributed by atoms with E-state index >= 15 is 0 Å². The van der Waals surface area contributed by atoms with Gasteiger partial charge in [-0.15, -0.1) is 0 Å². The fourth-order valence-electron chi connectivity index (χ4n) is 3.58. The lowest BCUT2D eigenvalue weighted by atomic mass is 10.1. The molecule has 0 saturated carbocycles. The number of benzene rings is 1. The maximum Gasteiger partial charge on any atom is 0.317 e. The maximum atomic E-state index is 12.5. The second kappa shape index (κ2) is 8.31. The van der Waals surface area contributed by atoms with Crippen molar-refractivity contribution in [2.75, 3.05) is 26.2 Å². The van der Waals surface area contributed by atoms with E-state index in [4.69, 9.17) is 0 Å². The van der Waals surface area contributed by atoms with E-state index in [9.17, 15) is 14.4 Å². The number of carbonyl (C=O) groups is 1. The van der Waals surface area contributed by atoms with Gasteiger partial charge in [-0.05, 0) is 45.0 Å². The molecule has 7 heteroatoms. The summed E-state index contributed by atoms with van der Waals surface area (Å²) in [7, 11) is 0. The Morgan fingerprint density at radius 3 is 2.27 bits per heavy atom. The summed E-state index contributed by atoms with van der Waals surface area (Å²) >= 11 is 0. The van der Waals surface area contributed by atoms with E-state index in [2.05, 4.69) is 10.2 Å². The Hall–Kier alpha value is -2.41. The minimum atomic E-state index is -0.656. The van der Waals surface area contributed by atoms with E-state index in [1.54, 1.807) is 18.2 Å². The number of nitrogens with zero attached hydrogens (tertiary/aromatic N) is 3. The average Bonchev–Trinajstić information content (AvgIpc) is 2.67. The van der Waals surface area contributed by atoms with Gasteiger partial charge in [0.25, 0.3) is 0 Å². The number of fused-ring (bicyclic) bond motifs is 1. The van der Waals surface area contributed by atoms with Crippen molar-refractivity contribution in [1.29, 1.82) is 0 Å². The van der Waals surface area contributed by atoms with Crippen LogP contribution in [0.2, 0.25) is 0 Å². The molecule has 7 nitrogen and oxygen atoms in total. The van der Waals surface area contributed by atoms with E-state index in [0.29, 0.717) is 24.1 Å². The number of para-hydroxylation sites is 2. The lowest BCUT2D eigenvalue weighted by molar-refractivity contribution is -0.121. The molecule has 1 N–H and O–H groups in total. The van der Waals surface area contributed by atoms with Crippen LogP contribution in [-0.4, -0.2) is 46.1 Å². The largest absolute Gasteiger partial charge is 0.353 e. The summed E-state index contributed by atoms with van der Waals surface area (Å²) < 4.78 is 2.72. The van der Waals surface area contributed by atoms with Gasteiger partial charge >= 0.3 is 11.1 Å². The molecule has 1 aliphatic heterocycles. The van der Waals surface area contributed by atoms with Crippen LogP contribution in [0.3, 0.4) is 0 Å². The highest BCUT2D eigenvalue weighted by Crippen LogP contribution is 2.10. The van der Waals surface area contributed by atoms with Gasteiger partial charge in [-0.1, -0.05) is 18.6 Å². The van der Waals surface area contributed by atoms with E-state index in [1.807, 2.05) is 13.0 Å². The Bertz CT molecular complexity index is 894. The third-order valence-corrected chi connectivity index (χ3v) is 4.95. The minimum absolute atomic E-state index is 0.140. The maximum absolute atomic E-state index is 12.5. The number of carbonyl (C=O) groups excluding carboxylic acids is 1. The lowest BCUT2D eigenvalue weighted by Gasteiger charge is -2.26. The highest BCUT2D eigenvalue weighted by molar-refractivity contribution is 5.80. The van der Waals surface area contributed by atoms with E-state index in [1.165, 1.54) is 28.4 Å². The van der Waals surface area contributed by atoms with Gasteiger partial charge in [-0.25, -0.2) is 0 Å². The van der Waals surface area contributed by atoms with Crippen molar-refractivity contribution in [2.24, 2.45) is 0 Å². The third kappa shape index (κ3) is 3.88. The summed E-state index contributed by atoms with van der Waals surface area (Å²) in [5.41, 5.74) is 0.0231. The molecule has 2 heterocycles. The summed E-state index contributed by atoms with van der Waals surface area (Å²) in [4.78, 5) is 39.4. The molecule has 0 spiro atoms. The van der Waals surface area contributed by atoms with Crippen LogP contribution in [0.15, 0.2) is 33.9 Å². The topological polar surface area (TPSA) is 76.3 Å². The summed E-state index contributed by atoms with van der Waals surface area (Å²) in [5, 5.41) is 2.87. The van der Waals surface area contributed by atoms with Crippen molar-refractivity contribution in [3.63, 3.8) is 0 Å². The third-order valence-electron chi connectivity index (χ3n) is 4.95. The first-order valence-electron chi connectivity index (χ1n) is 9.33. The summed E-state index contributed by atoms with van der Waals surface area (Å²) in [6.07, 6.45) is 3.70. The van der Waals surface area contributed by atoms with Crippen LogP contribution < -0.4 is 16.4 Å². The van der Waals surface area contributed by atoms with E-state index in [-0.39, 0.29) is 12.5 Å². The zero-order valence-corrected chi connectivity index (χ0v) is 15.2. The molecule has 0 unspecified atom stereocenters. The summed E-state index contributed by atoms with van der Waals surface area (Å²) in [6, 6.07) is 7.19. The first-order chi connectivity index (χ1) is 12.6. The van der Waals surface area contributed by atoms with Crippen LogP contribution in [0.5, 0.6) is 0 Å². The normalized spacial score (nSPS) is 15.3. The number of aromatic nitrogens is 2. The van der Waals surface area contributed by atoms with Crippen LogP contribution in [-0.2, 0) is 17.9 Å². The molecule has 1 amide bonds. The molecule has 0 aliphatic carbocycles. The van der Waals surface area contributed by atoms with Gasteiger partial charge in [0.1, 0.15) is 6.54 Å². The smallest absolute Gasteiger partial charge is 0.317 e. The zero-order chi connectivity index (χ0) is 18.5. The van der Waals surface area contributed by atoms with Crippen molar-refractivity contribution in [1.82, 2.24) is 19.4 Å². The first kappa shape index (κ1) is 18.4. The number of hydrogen-bond acceptors (Lipinski definition) is 4. The number of likely N-dealkylation sites (tertiary alicyclic amines) is 1. The quantitative estimate of drug-likeness (QED) is 0.775. The molecule has 2 aromatic rings. The van der Waals surface area contributed by atoms with Crippen molar-refractivity contribution >= 4 is 16.9 Å². The van der Waals surface area contributed by atoms with Gasteiger partial charge in [0.15, 0.2) is 0 Å². The van der Waals surface area contributed by atoms with Crippen molar-refractivity contribution in [2.45, 2.75) is 39.3 Å². The number of aryl methyl sites for hydroxylation is 1. The molecule has 1 aliphatic rings. The molecule has 26 heavy (non-hydrogen) atoms. The fourth-order valence-corrected chi connectivity index (χ4v) is 3.58. The minimum Gasteiger partial charge on any atom is -0.353 e. The number of amides is 1. The molecule has 1 aromatic heterocycles. The van der Waals surface area contributed by atoms with Gasteiger partial charge in [-0.2, -0.15) is 0 Å². The van der Waals surface area contributed by atoms with Crippen molar-refractivity contribution in [3.8, 4) is 0 Å². The number of piperidine rings is 1. The second-order valence-corrected chi connectivity index (χ2v) is 6.68. The Labute approximate surface area is 152 Å². The SMILES string of the molecule is CCn1c(=O)c(=O)n(CC(=O)NCCN2CCCCC2)c2ccccc21. The van der Waals surface area contributed by atoms with E-state index in [0.717, 1.165) is 19.6 Å². The predicted molar refractivity (Wildman–Crippen MR) is 101 cm³/mol. The summed E-state index contributed by atoms with van der Waals surface area (Å²) in [5.74, 6) is -0.247. The molecule has 140 valence electrons. The fraction of sp³-hybridized carbons (Fsp3) is 0.526. The molecule has 3 rings (SSSR count).